The molecule has 0 saturated carbocycles. The molecule has 0 bridgehead atoms. The van der Waals surface area contributed by atoms with E-state index in [1.807, 2.05) is 16.4 Å². The lowest BCUT2D eigenvalue weighted by Crippen LogP contribution is -2.28. The first-order valence-electron chi connectivity index (χ1n) is 5.84. The van der Waals surface area contributed by atoms with Crippen LogP contribution < -0.4 is 5.56 Å². The molecule has 2 aliphatic rings. The molecule has 1 fully saturated rings. The van der Waals surface area contributed by atoms with Crippen molar-refractivity contribution in [3.05, 3.63) is 21.6 Å². The number of fused-ring (bicyclic) bond motifs is 1. The van der Waals surface area contributed by atoms with Gasteiger partial charge in [0, 0.05) is 13.1 Å². The number of thioether (sulfide) groups is 1. The van der Waals surface area contributed by atoms with Crippen molar-refractivity contribution in [3.8, 4) is 0 Å². The Morgan fingerprint density at radius 3 is 2.75 bits per heavy atom. The normalized spacial score (nSPS) is 22.6. The van der Waals surface area contributed by atoms with Gasteiger partial charge in [0.25, 0.3) is 5.56 Å². The molecule has 16 heavy (non-hydrogen) atoms. The lowest BCUT2D eigenvalue weighted by Gasteiger charge is -2.22. The first-order chi connectivity index (χ1) is 7.75. The van der Waals surface area contributed by atoms with Crippen LogP contribution in [0.4, 0.5) is 0 Å². The van der Waals surface area contributed by atoms with Gasteiger partial charge in [-0.15, -0.1) is 0 Å². The van der Waals surface area contributed by atoms with E-state index >= 15 is 0 Å². The summed E-state index contributed by atoms with van der Waals surface area (Å²) in [5, 5.41) is 3.32. The Hall–Kier alpha value is -0.680. The third kappa shape index (κ3) is 1.62. The first kappa shape index (κ1) is 10.5. The third-order valence-electron chi connectivity index (χ3n) is 3.51. The monoisotopic (exact) mass is 239 g/mol. The lowest BCUT2D eigenvalue weighted by atomic mass is 10.1. The summed E-state index contributed by atoms with van der Waals surface area (Å²) in [5.74, 6) is 2.36. The third-order valence-corrected chi connectivity index (χ3v) is 4.56. The van der Waals surface area contributed by atoms with E-state index in [0.717, 1.165) is 37.2 Å². The molecule has 1 saturated heterocycles. The van der Waals surface area contributed by atoms with Crippen molar-refractivity contribution in [1.82, 2.24) is 14.7 Å². The summed E-state index contributed by atoms with van der Waals surface area (Å²) < 4.78 is 1.89. The SMILES string of the molecule is CN1Cc2[nH]n(C3CCSCC3)c(=O)c2C1. The summed E-state index contributed by atoms with van der Waals surface area (Å²) in [5.41, 5.74) is 2.34. The predicted octanol–water partition coefficient (Wildman–Crippen LogP) is 1.19. The molecule has 4 nitrogen and oxygen atoms in total. The number of hydrogen-bond acceptors (Lipinski definition) is 3. The van der Waals surface area contributed by atoms with E-state index in [4.69, 9.17) is 0 Å². The van der Waals surface area contributed by atoms with Gasteiger partial charge in [0.1, 0.15) is 0 Å². The zero-order chi connectivity index (χ0) is 11.1. The fraction of sp³-hybridized carbons (Fsp3) is 0.727. The second-order valence-electron chi connectivity index (χ2n) is 4.76. The Morgan fingerprint density at radius 1 is 1.31 bits per heavy atom. The molecule has 0 spiro atoms. The topological polar surface area (TPSA) is 41.0 Å². The van der Waals surface area contributed by atoms with Crippen molar-refractivity contribution in [2.24, 2.45) is 0 Å². The van der Waals surface area contributed by atoms with Crippen LogP contribution in [0.3, 0.4) is 0 Å². The quantitative estimate of drug-likeness (QED) is 0.800. The van der Waals surface area contributed by atoms with Crippen LogP contribution in [-0.4, -0.2) is 33.2 Å². The van der Waals surface area contributed by atoms with Gasteiger partial charge < -0.3 is 0 Å². The van der Waals surface area contributed by atoms with Crippen LogP contribution in [0.2, 0.25) is 0 Å². The molecule has 1 aromatic rings. The summed E-state index contributed by atoms with van der Waals surface area (Å²) in [4.78, 5) is 14.4. The van der Waals surface area contributed by atoms with Gasteiger partial charge in [-0.05, 0) is 31.4 Å². The average molecular weight is 239 g/mol. The molecule has 3 rings (SSSR count). The minimum Gasteiger partial charge on any atom is -0.298 e. The summed E-state index contributed by atoms with van der Waals surface area (Å²) in [6, 6.07) is 0.407. The minimum atomic E-state index is 0.219. The van der Waals surface area contributed by atoms with Crippen molar-refractivity contribution >= 4 is 11.8 Å². The van der Waals surface area contributed by atoms with Gasteiger partial charge in [-0.1, -0.05) is 0 Å². The molecule has 5 heteroatoms. The van der Waals surface area contributed by atoms with Crippen LogP contribution in [-0.2, 0) is 13.1 Å². The number of H-pyrrole nitrogens is 1. The standard InChI is InChI=1S/C11H17N3OS/c1-13-6-9-10(7-13)12-14(11(9)15)8-2-4-16-5-3-8/h8,12H,2-7H2,1H3. The molecule has 0 atom stereocenters. The van der Waals surface area contributed by atoms with Gasteiger partial charge in [-0.2, -0.15) is 11.8 Å². The van der Waals surface area contributed by atoms with Gasteiger partial charge in [0.15, 0.2) is 0 Å². The molecule has 1 N–H and O–H groups in total. The van der Waals surface area contributed by atoms with Gasteiger partial charge in [-0.3, -0.25) is 14.8 Å². The highest BCUT2D eigenvalue weighted by molar-refractivity contribution is 7.99. The van der Waals surface area contributed by atoms with Crippen LogP contribution >= 0.6 is 11.8 Å². The Bertz CT molecular complexity index is 445. The molecular formula is C11H17N3OS. The number of nitrogens with zero attached hydrogens (tertiary/aromatic N) is 2. The number of aromatic amines is 1. The van der Waals surface area contributed by atoms with Crippen LogP contribution in [0.1, 0.15) is 30.1 Å². The van der Waals surface area contributed by atoms with E-state index in [1.165, 1.54) is 11.5 Å². The maximum Gasteiger partial charge on any atom is 0.271 e. The molecule has 3 heterocycles. The van der Waals surface area contributed by atoms with Crippen molar-refractivity contribution < 1.29 is 0 Å². The van der Waals surface area contributed by atoms with Crippen molar-refractivity contribution in [3.63, 3.8) is 0 Å². The number of hydrogen-bond donors (Lipinski definition) is 1. The van der Waals surface area contributed by atoms with Crippen LogP contribution in [0.25, 0.3) is 0 Å². The van der Waals surface area contributed by atoms with Gasteiger partial charge in [0.05, 0.1) is 17.3 Å². The molecular weight excluding hydrogens is 222 g/mol. The zero-order valence-electron chi connectivity index (χ0n) is 9.53. The van der Waals surface area contributed by atoms with Crippen LogP contribution in [0.5, 0.6) is 0 Å². The molecule has 0 aromatic carbocycles. The van der Waals surface area contributed by atoms with Crippen molar-refractivity contribution in [2.45, 2.75) is 32.0 Å². The fourth-order valence-corrected chi connectivity index (χ4v) is 3.71. The van der Waals surface area contributed by atoms with E-state index in [9.17, 15) is 4.79 Å². The van der Waals surface area contributed by atoms with Gasteiger partial charge >= 0.3 is 0 Å². The highest BCUT2D eigenvalue weighted by Gasteiger charge is 2.26. The molecule has 88 valence electrons. The minimum absolute atomic E-state index is 0.219. The molecule has 0 unspecified atom stereocenters. The Balaban J connectivity index is 1.92. The van der Waals surface area contributed by atoms with E-state index in [0.29, 0.717) is 6.04 Å². The highest BCUT2D eigenvalue weighted by atomic mass is 32.2. The van der Waals surface area contributed by atoms with Crippen LogP contribution in [0.15, 0.2) is 4.79 Å². The summed E-state index contributed by atoms with van der Waals surface area (Å²) in [6.07, 6.45) is 2.25. The summed E-state index contributed by atoms with van der Waals surface area (Å²) in [6.45, 7) is 1.69. The van der Waals surface area contributed by atoms with Gasteiger partial charge in [-0.25, -0.2) is 4.68 Å². The molecule has 0 aliphatic carbocycles. The van der Waals surface area contributed by atoms with E-state index in [1.54, 1.807) is 0 Å². The van der Waals surface area contributed by atoms with E-state index in [2.05, 4.69) is 17.0 Å². The number of aromatic nitrogens is 2. The molecule has 0 radical (unpaired) electrons. The maximum absolute atomic E-state index is 12.2. The molecule has 2 aliphatic heterocycles. The largest absolute Gasteiger partial charge is 0.298 e. The van der Waals surface area contributed by atoms with E-state index in [-0.39, 0.29) is 5.56 Å². The fourth-order valence-electron chi connectivity index (χ4n) is 2.63. The lowest BCUT2D eigenvalue weighted by molar-refractivity contribution is 0.335. The number of nitrogens with one attached hydrogen (secondary N) is 1. The first-order valence-corrected chi connectivity index (χ1v) is 6.99. The summed E-state index contributed by atoms with van der Waals surface area (Å²) in [7, 11) is 2.05. The molecule has 0 amide bonds. The Morgan fingerprint density at radius 2 is 2.06 bits per heavy atom. The van der Waals surface area contributed by atoms with Crippen molar-refractivity contribution in [2.75, 3.05) is 18.6 Å². The summed E-state index contributed by atoms with van der Waals surface area (Å²) >= 11 is 1.99. The second-order valence-corrected chi connectivity index (χ2v) is 5.98. The predicted molar refractivity (Wildman–Crippen MR) is 65.8 cm³/mol. The molecule has 1 aromatic heterocycles. The Labute approximate surface area is 99.0 Å². The zero-order valence-corrected chi connectivity index (χ0v) is 10.3. The van der Waals surface area contributed by atoms with Gasteiger partial charge in [0.2, 0.25) is 0 Å². The van der Waals surface area contributed by atoms with Crippen molar-refractivity contribution in [1.29, 1.82) is 0 Å². The van der Waals surface area contributed by atoms with Crippen LogP contribution in [0, 0.1) is 0 Å². The smallest absolute Gasteiger partial charge is 0.271 e. The highest BCUT2D eigenvalue weighted by Crippen LogP contribution is 2.26. The maximum atomic E-state index is 12.2. The number of rotatable bonds is 1. The van der Waals surface area contributed by atoms with E-state index < -0.39 is 0 Å². The Kier molecular flexibility index (Phi) is 2.59. The average Bonchev–Trinajstić information content (AvgIpc) is 2.79. The second kappa shape index (κ2) is 3.96.